The maximum atomic E-state index is 12.5. The molecule has 2 heterocycles. The lowest BCUT2D eigenvalue weighted by Gasteiger charge is -2.07. The zero-order valence-electron chi connectivity index (χ0n) is 14.5. The SMILES string of the molecule is Cc1ccc(-c2ccsc2C(=O)OCn2nnc3ccccc3c2=O)cc1. The quantitative estimate of drug-likeness (QED) is 0.508. The van der Waals surface area contributed by atoms with Crippen LogP contribution in [-0.4, -0.2) is 21.0 Å². The van der Waals surface area contributed by atoms with Crippen LogP contribution in [0.4, 0.5) is 0 Å². The highest BCUT2D eigenvalue weighted by Crippen LogP contribution is 2.29. The van der Waals surface area contributed by atoms with E-state index in [0.717, 1.165) is 21.4 Å². The molecule has 27 heavy (non-hydrogen) atoms. The molecule has 0 unspecified atom stereocenters. The smallest absolute Gasteiger partial charge is 0.350 e. The number of nitrogens with zero attached hydrogens (tertiary/aromatic N) is 3. The van der Waals surface area contributed by atoms with Crippen LogP contribution in [0.25, 0.3) is 22.0 Å². The van der Waals surface area contributed by atoms with E-state index in [0.29, 0.717) is 15.8 Å². The molecule has 0 amide bonds. The highest BCUT2D eigenvalue weighted by Gasteiger charge is 2.17. The van der Waals surface area contributed by atoms with E-state index in [4.69, 9.17) is 4.74 Å². The van der Waals surface area contributed by atoms with E-state index in [1.165, 1.54) is 11.3 Å². The Labute approximate surface area is 158 Å². The summed E-state index contributed by atoms with van der Waals surface area (Å²) in [6, 6.07) is 16.7. The van der Waals surface area contributed by atoms with Gasteiger partial charge in [0.1, 0.15) is 10.4 Å². The number of esters is 1. The van der Waals surface area contributed by atoms with Crippen molar-refractivity contribution in [3.05, 3.63) is 80.8 Å². The van der Waals surface area contributed by atoms with Crippen LogP contribution in [0.1, 0.15) is 15.2 Å². The Kier molecular flexibility index (Phi) is 4.52. The minimum Gasteiger partial charge on any atom is -0.438 e. The fourth-order valence-electron chi connectivity index (χ4n) is 2.72. The molecule has 0 N–H and O–H groups in total. The van der Waals surface area contributed by atoms with Gasteiger partial charge in [-0.25, -0.2) is 4.79 Å². The van der Waals surface area contributed by atoms with Crippen LogP contribution in [0.5, 0.6) is 0 Å². The molecule has 0 spiro atoms. The number of aryl methyl sites for hydroxylation is 1. The van der Waals surface area contributed by atoms with Crippen LogP contribution in [0.15, 0.2) is 64.8 Å². The number of thiophene rings is 1. The third-order valence-corrected chi connectivity index (χ3v) is 5.05. The molecule has 0 radical (unpaired) electrons. The largest absolute Gasteiger partial charge is 0.438 e. The fraction of sp³-hybridized carbons (Fsp3) is 0.100. The van der Waals surface area contributed by atoms with Gasteiger partial charge in [0.15, 0.2) is 6.73 Å². The monoisotopic (exact) mass is 377 g/mol. The Bertz CT molecular complexity index is 1180. The van der Waals surface area contributed by atoms with E-state index in [1.807, 2.05) is 42.6 Å². The number of hydrogen-bond donors (Lipinski definition) is 0. The first-order valence-electron chi connectivity index (χ1n) is 8.28. The summed E-state index contributed by atoms with van der Waals surface area (Å²) < 4.78 is 6.36. The van der Waals surface area contributed by atoms with Gasteiger partial charge in [0.25, 0.3) is 5.56 Å². The number of carbonyl (C=O) groups is 1. The summed E-state index contributed by atoms with van der Waals surface area (Å²) in [5, 5.41) is 10.1. The molecule has 0 aliphatic heterocycles. The minimum absolute atomic E-state index is 0.291. The van der Waals surface area contributed by atoms with Crippen LogP contribution < -0.4 is 5.56 Å². The van der Waals surface area contributed by atoms with Gasteiger partial charge in [-0.05, 0) is 36.1 Å². The van der Waals surface area contributed by atoms with E-state index in [-0.39, 0.29) is 12.3 Å². The Balaban J connectivity index is 1.56. The summed E-state index contributed by atoms with van der Waals surface area (Å²) in [7, 11) is 0. The molecular weight excluding hydrogens is 362 g/mol. The number of fused-ring (bicyclic) bond motifs is 1. The van der Waals surface area contributed by atoms with Crippen LogP contribution in [-0.2, 0) is 11.5 Å². The molecule has 7 heteroatoms. The van der Waals surface area contributed by atoms with Crippen molar-refractivity contribution in [3.8, 4) is 11.1 Å². The number of benzene rings is 2. The van der Waals surface area contributed by atoms with Crippen molar-refractivity contribution in [1.82, 2.24) is 15.0 Å². The summed E-state index contributed by atoms with van der Waals surface area (Å²) in [4.78, 5) is 25.4. The van der Waals surface area contributed by atoms with Crippen molar-refractivity contribution in [2.75, 3.05) is 0 Å². The van der Waals surface area contributed by atoms with Crippen LogP contribution >= 0.6 is 11.3 Å². The third-order valence-electron chi connectivity index (χ3n) is 4.16. The van der Waals surface area contributed by atoms with Crippen LogP contribution in [0.3, 0.4) is 0 Å². The summed E-state index contributed by atoms with van der Waals surface area (Å²) in [6.45, 7) is 1.72. The fourth-order valence-corrected chi connectivity index (χ4v) is 3.53. The van der Waals surface area contributed by atoms with Crippen molar-refractivity contribution < 1.29 is 9.53 Å². The second-order valence-electron chi connectivity index (χ2n) is 6.00. The van der Waals surface area contributed by atoms with Crippen molar-refractivity contribution in [2.45, 2.75) is 13.7 Å². The highest BCUT2D eigenvalue weighted by molar-refractivity contribution is 7.12. The van der Waals surface area contributed by atoms with Gasteiger partial charge in [-0.3, -0.25) is 4.79 Å². The Morgan fingerprint density at radius 2 is 1.89 bits per heavy atom. The molecular formula is C20H15N3O3S. The molecule has 134 valence electrons. The third kappa shape index (κ3) is 3.37. The number of hydrogen-bond acceptors (Lipinski definition) is 6. The maximum Gasteiger partial charge on any atom is 0.350 e. The van der Waals surface area contributed by atoms with Crippen molar-refractivity contribution in [3.63, 3.8) is 0 Å². The predicted molar refractivity (Wildman–Crippen MR) is 104 cm³/mol. The summed E-state index contributed by atoms with van der Waals surface area (Å²) in [6.07, 6.45) is 0. The van der Waals surface area contributed by atoms with Gasteiger partial charge < -0.3 is 4.74 Å². The average molecular weight is 377 g/mol. The van der Waals surface area contributed by atoms with Crippen LogP contribution in [0, 0.1) is 6.92 Å². The van der Waals surface area contributed by atoms with E-state index in [2.05, 4.69) is 10.3 Å². The predicted octanol–water partition coefficient (Wildman–Crippen LogP) is 3.64. The van der Waals surface area contributed by atoms with E-state index >= 15 is 0 Å². The molecule has 0 aliphatic rings. The van der Waals surface area contributed by atoms with Crippen molar-refractivity contribution in [2.24, 2.45) is 0 Å². The lowest BCUT2D eigenvalue weighted by atomic mass is 10.1. The first-order valence-corrected chi connectivity index (χ1v) is 9.15. The molecule has 0 bridgehead atoms. The first kappa shape index (κ1) is 17.1. The normalized spacial score (nSPS) is 10.9. The lowest BCUT2D eigenvalue weighted by Crippen LogP contribution is -2.26. The Hall–Kier alpha value is -3.32. The number of rotatable bonds is 4. The molecule has 0 fully saturated rings. The van der Waals surface area contributed by atoms with Crippen molar-refractivity contribution in [1.29, 1.82) is 0 Å². The molecule has 0 atom stereocenters. The molecule has 0 aliphatic carbocycles. The number of carbonyl (C=O) groups excluding carboxylic acids is 1. The van der Waals surface area contributed by atoms with Gasteiger partial charge in [0.2, 0.25) is 0 Å². The molecule has 0 saturated heterocycles. The van der Waals surface area contributed by atoms with Gasteiger partial charge >= 0.3 is 5.97 Å². The first-order chi connectivity index (χ1) is 13.1. The van der Waals surface area contributed by atoms with Gasteiger partial charge in [0, 0.05) is 5.56 Å². The second kappa shape index (κ2) is 7.13. The summed E-state index contributed by atoms with van der Waals surface area (Å²) in [5.41, 5.74) is 3.05. The minimum atomic E-state index is -0.498. The van der Waals surface area contributed by atoms with Gasteiger partial charge in [0.05, 0.1) is 5.39 Å². The standard InChI is InChI=1S/C20H15N3O3S/c1-13-6-8-14(9-7-13)15-10-11-27-18(15)20(25)26-12-23-19(24)16-4-2-3-5-17(16)21-22-23/h2-11H,12H2,1H3. The zero-order chi connectivity index (χ0) is 18.8. The average Bonchev–Trinajstić information content (AvgIpc) is 3.18. The van der Waals surface area contributed by atoms with E-state index in [1.54, 1.807) is 24.3 Å². The summed E-state index contributed by atoms with van der Waals surface area (Å²) >= 11 is 1.30. The van der Waals surface area contributed by atoms with Crippen LogP contribution in [0.2, 0.25) is 0 Å². The summed E-state index contributed by atoms with van der Waals surface area (Å²) in [5.74, 6) is -0.498. The molecule has 4 aromatic rings. The molecule has 6 nitrogen and oxygen atoms in total. The zero-order valence-corrected chi connectivity index (χ0v) is 15.3. The van der Waals surface area contributed by atoms with Crippen molar-refractivity contribution >= 4 is 28.2 Å². The Morgan fingerprint density at radius 1 is 1.11 bits per heavy atom. The van der Waals surface area contributed by atoms with E-state index in [9.17, 15) is 9.59 Å². The highest BCUT2D eigenvalue weighted by atomic mass is 32.1. The van der Waals surface area contributed by atoms with Gasteiger partial charge in [-0.2, -0.15) is 4.68 Å². The molecule has 4 rings (SSSR count). The number of ether oxygens (including phenoxy) is 1. The number of aromatic nitrogens is 3. The molecule has 2 aromatic carbocycles. The maximum absolute atomic E-state index is 12.5. The van der Waals surface area contributed by atoms with Gasteiger partial charge in [-0.1, -0.05) is 47.2 Å². The second-order valence-corrected chi connectivity index (χ2v) is 6.92. The topological polar surface area (TPSA) is 74.1 Å². The lowest BCUT2D eigenvalue weighted by molar-refractivity contribution is 0.0343. The molecule has 0 saturated carbocycles. The van der Waals surface area contributed by atoms with E-state index < -0.39 is 5.97 Å². The van der Waals surface area contributed by atoms with Gasteiger partial charge in [-0.15, -0.1) is 16.4 Å². The molecule has 2 aromatic heterocycles. The Morgan fingerprint density at radius 3 is 2.70 bits per heavy atom.